The summed E-state index contributed by atoms with van der Waals surface area (Å²) in [5.41, 5.74) is 2.49. The lowest BCUT2D eigenvalue weighted by molar-refractivity contribution is -0.132. The predicted molar refractivity (Wildman–Crippen MR) is 71.8 cm³/mol. The highest BCUT2D eigenvalue weighted by Crippen LogP contribution is 2.24. The normalized spacial score (nSPS) is 19.1. The molecule has 0 bridgehead atoms. The number of benzene rings is 1. The van der Waals surface area contributed by atoms with Crippen LogP contribution in [0.15, 0.2) is 28.2 Å². The number of nitrogens with zero attached hydrogens (tertiary/aromatic N) is 2. The number of rotatable bonds is 3. The van der Waals surface area contributed by atoms with Gasteiger partial charge in [-0.15, -0.1) is 11.8 Å². The van der Waals surface area contributed by atoms with Gasteiger partial charge in [0, 0.05) is 11.9 Å². The molecule has 1 amide bonds. The summed E-state index contributed by atoms with van der Waals surface area (Å²) < 4.78 is 0. The Morgan fingerprint density at radius 2 is 2.17 bits per heavy atom. The van der Waals surface area contributed by atoms with Gasteiger partial charge in [-0.2, -0.15) is 5.10 Å². The lowest BCUT2D eigenvalue weighted by atomic mass is 9.97. The fraction of sp³-hybridized carbons (Fsp3) is 0.308. The molecule has 0 radical (unpaired) electrons. The van der Waals surface area contributed by atoms with Crippen LogP contribution >= 0.6 is 11.8 Å². The van der Waals surface area contributed by atoms with Crippen LogP contribution in [0, 0.1) is 12.8 Å². The van der Waals surface area contributed by atoms with Crippen molar-refractivity contribution in [2.24, 2.45) is 11.0 Å². The first-order valence-electron chi connectivity index (χ1n) is 5.55. The van der Waals surface area contributed by atoms with E-state index >= 15 is 0 Å². The van der Waals surface area contributed by atoms with E-state index in [2.05, 4.69) is 5.10 Å². The molecule has 0 aromatic heterocycles. The molecule has 1 heterocycles. The molecule has 1 aromatic carbocycles. The predicted octanol–water partition coefficient (Wildman–Crippen LogP) is 1.71. The topological polar surface area (TPSA) is 49.7 Å². The molecule has 1 unspecified atom stereocenters. The van der Waals surface area contributed by atoms with Gasteiger partial charge in [0.05, 0.1) is 5.71 Å². The van der Waals surface area contributed by atoms with Crippen LogP contribution in [0.2, 0.25) is 0 Å². The first kappa shape index (κ1) is 12.8. The van der Waals surface area contributed by atoms with Crippen LogP contribution in [0.25, 0.3) is 0 Å². The Morgan fingerprint density at radius 1 is 1.44 bits per heavy atom. The molecule has 2 rings (SSSR count). The molecule has 1 atom stereocenters. The molecule has 1 aromatic rings. The Bertz CT molecular complexity index is 540. The summed E-state index contributed by atoms with van der Waals surface area (Å²) in [5, 5.41) is 5.38. The minimum atomic E-state index is -0.769. The van der Waals surface area contributed by atoms with Gasteiger partial charge in [0.2, 0.25) is 0 Å². The molecule has 1 aliphatic rings. The van der Waals surface area contributed by atoms with Gasteiger partial charge in [-0.3, -0.25) is 4.79 Å². The third-order valence-electron chi connectivity index (χ3n) is 2.96. The standard InChI is InChI=1S/C13H14N2O2S/c1-8-6-9(4-5-11(8)18-3)12-10(7-16)13(17)15(2)14-12/h4-7,10H,1-3H3. The van der Waals surface area contributed by atoms with Gasteiger partial charge in [0.15, 0.2) is 0 Å². The molecule has 94 valence electrons. The van der Waals surface area contributed by atoms with E-state index in [0.29, 0.717) is 12.0 Å². The first-order chi connectivity index (χ1) is 8.58. The van der Waals surface area contributed by atoms with Crippen LogP contribution in [0.5, 0.6) is 0 Å². The summed E-state index contributed by atoms with van der Waals surface area (Å²) in [6.45, 7) is 2.01. The molecule has 4 nitrogen and oxygen atoms in total. The molecule has 0 saturated heterocycles. The van der Waals surface area contributed by atoms with Crippen LogP contribution in [0.1, 0.15) is 11.1 Å². The van der Waals surface area contributed by atoms with Crippen LogP contribution < -0.4 is 0 Å². The van der Waals surface area contributed by atoms with E-state index in [4.69, 9.17) is 0 Å². The minimum Gasteiger partial charge on any atom is -0.302 e. The van der Waals surface area contributed by atoms with E-state index in [1.165, 1.54) is 9.90 Å². The van der Waals surface area contributed by atoms with Gasteiger partial charge in [-0.25, -0.2) is 5.01 Å². The van der Waals surface area contributed by atoms with Crippen LogP contribution in [0.3, 0.4) is 0 Å². The molecule has 0 aliphatic carbocycles. The van der Waals surface area contributed by atoms with E-state index in [9.17, 15) is 9.59 Å². The van der Waals surface area contributed by atoms with Gasteiger partial charge in [0.25, 0.3) is 5.91 Å². The van der Waals surface area contributed by atoms with Crippen molar-refractivity contribution in [2.75, 3.05) is 13.3 Å². The van der Waals surface area contributed by atoms with E-state index in [-0.39, 0.29) is 5.91 Å². The van der Waals surface area contributed by atoms with E-state index in [1.807, 2.05) is 31.4 Å². The van der Waals surface area contributed by atoms with Crippen molar-refractivity contribution in [1.29, 1.82) is 0 Å². The number of aldehydes is 1. The van der Waals surface area contributed by atoms with E-state index < -0.39 is 5.92 Å². The van der Waals surface area contributed by atoms with E-state index in [1.54, 1.807) is 18.8 Å². The van der Waals surface area contributed by atoms with E-state index in [0.717, 1.165) is 11.1 Å². The molecular formula is C13H14N2O2S. The number of thioether (sulfide) groups is 1. The summed E-state index contributed by atoms with van der Waals surface area (Å²) in [7, 11) is 1.56. The van der Waals surface area contributed by atoms with Crippen molar-refractivity contribution in [3.8, 4) is 0 Å². The quantitative estimate of drug-likeness (QED) is 0.473. The average molecular weight is 262 g/mol. The second-order valence-electron chi connectivity index (χ2n) is 4.15. The zero-order chi connectivity index (χ0) is 13.3. The van der Waals surface area contributed by atoms with Crippen molar-refractivity contribution in [2.45, 2.75) is 11.8 Å². The third-order valence-corrected chi connectivity index (χ3v) is 3.86. The molecule has 1 aliphatic heterocycles. The Hall–Kier alpha value is -1.62. The highest BCUT2D eigenvalue weighted by Gasteiger charge is 2.34. The number of aryl methyl sites for hydroxylation is 1. The number of hydrogen-bond acceptors (Lipinski definition) is 4. The fourth-order valence-corrected chi connectivity index (χ4v) is 2.57. The fourth-order valence-electron chi connectivity index (χ4n) is 1.99. The van der Waals surface area contributed by atoms with Crippen molar-refractivity contribution in [3.63, 3.8) is 0 Å². The minimum absolute atomic E-state index is 0.272. The molecule has 0 N–H and O–H groups in total. The number of hydrazone groups is 1. The zero-order valence-corrected chi connectivity index (χ0v) is 11.3. The number of carbonyl (C=O) groups excluding carboxylic acids is 2. The van der Waals surface area contributed by atoms with Gasteiger partial charge < -0.3 is 4.79 Å². The largest absolute Gasteiger partial charge is 0.302 e. The molecular weight excluding hydrogens is 248 g/mol. The monoisotopic (exact) mass is 262 g/mol. The smallest absolute Gasteiger partial charge is 0.258 e. The Labute approximate surface area is 110 Å². The highest BCUT2D eigenvalue weighted by atomic mass is 32.2. The number of hydrogen-bond donors (Lipinski definition) is 0. The molecule has 0 spiro atoms. The first-order valence-corrected chi connectivity index (χ1v) is 6.77. The maximum Gasteiger partial charge on any atom is 0.258 e. The lowest BCUT2D eigenvalue weighted by Crippen LogP contribution is -2.26. The van der Waals surface area contributed by atoms with Crippen molar-refractivity contribution >= 4 is 29.7 Å². The van der Waals surface area contributed by atoms with Crippen molar-refractivity contribution in [3.05, 3.63) is 29.3 Å². The zero-order valence-electron chi connectivity index (χ0n) is 10.5. The van der Waals surface area contributed by atoms with Crippen molar-refractivity contribution < 1.29 is 9.59 Å². The SMILES string of the molecule is CSc1ccc(C2=NN(C)C(=O)C2C=O)cc1C. The second-order valence-corrected chi connectivity index (χ2v) is 4.99. The summed E-state index contributed by atoms with van der Waals surface area (Å²) in [5.74, 6) is -1.04. The maximum absolute atomic E-state index is 11.7. The average Bonchev–Trinajstić information content (AvgIpc) is 2.65. The number of carbonyl (C=O) groups is 2. The van der Waals surface area contributed by atoms with Crippen LogP contribution in [-0.2, 0) is 9.59 Å². The van der Waals surface area contributed by atoms with Gasteiger partial charge in [-0.1, -0.05) is 6.07 Å². The second kappa shape index (κ2) is 4.94. The summed E-state index contributed by atoms with van der Waals surface area (Å²) in [6.07, 6.45) is 2.67. The third kappa shape index (κ3) is 2.06. The molecule has 18 heavy (non-hydrogen) atoms. The summed E-state index contributed by atoms with van der Waals surface area (Å²) >= 11 is 1.67. The summed E-state index contributed by atoms with van der Waals surface area (Å²) in [6, 6.07) is 5.86. The van der Waals surface area contributed by atoms with Gasteiger partial charge >= 0.3 is 0 Å². The Morgan fingerprint density at radius 3 is 2.72 bits per heavy atom. The Balaban J connectivity index is 2.43. The van der Waals surface area contributed by atoms with Crippen LogP contribution in [0.4, 0.5) is 0 Å². The van der Waals surface area contributed by atoms with Gasteiger partial charge in [-0.05, 0) is 36.4 Å². The van der Waals surface area contributed by atoms with Crippen molar-refractivity contribution in [1.82, 2.24) is 5.01 Å². The Kier molecular flexibility index (Phi) is 3.52. The highest BCUT2D eigenvalue weighted by molar-refractivity contribution is 7.98. The van der Waals surface area contributed by atoms with Gasteiger partial charge in [0.1, 0.15) is 12.2 Å². The molecule has 5 heteroatoms. The van der Waals surface area contributed by atoms with Crippen LogP contribution in [-0.4, -0.2) is 36.2 Å². The molecule has 0 saturated carbocycles. The summed E-state index contributed by atoms with van der Waals surface area (Å²) in [4.78, 5) is 23.9. The number of amides is 1. The lowest BCUT2D eigenvalue weighted by Gasteiger charge is -2.07. The molecule has 0 fully saturated rings. The maximum atomic E-state index is 11.7.